The fraction of sp³-hybridized carbons (Fsp3) is 1.00. The van der Waals surface area contributed by atoms with Gasteiger partial charge in [-0.2, -0.15) is 0 Å². The van der Waals surface area contributed by atoms with Crippen molar-refractivity contribution in [3.63, 3.8) is 0 Å². The van der Waals surface area contributed by atoms with E-state index in [1.165, 1.54) is 0 Å². The van der Waals surface area contributed by atoms with Gasteiger partial charge in [0.2, 0.25) is 0 Å². The van der Waals surface area contributed by atoms with Crippen molar-refractivity contribution in [1.82, 2.24) is 0 Å². The lowest BCUT2D eigenvalue weighted by Gasteiger charge is -2.10. The zero-order valence-electron chi connectivity index (χ0n) is 7.90. The van der Waals surface area contributed by atoms with Gasteiger partial charge in [-0.1, -0.05) is 0 Å². The Kier molecular flexibility index (Phi) is 3.70. The van der Waals surface area contributed by atoms with E-state index >= 15 is 0 Å². The summed E-state index contributed by atoms with van der Waals surface area (Å²) in [7, 11) is -2.96. The maximum absolute atomic E-state index is 11.6. The first-order valence-corrected chi connectivity index (χ1v) is 6.29. The van der Waals surface area contributed by atoms with E-state index in [9.17, 15) is 8.42 Å². The van der Waals surface area contributed by atoms with Crippen molar-refractivity contribution in [2.45, 2.75) is 31.1 Å². The van der Waals surface area contributed by atoms with Gasteiger partial charge in [0.1, 0.15) is 0 Å². The molecule has 78 valence electrons. The maximum Gasteiger partial charge on any atom is 0.155 e. The molecule has 0 radical (unpaired) electrons. The Bertz CT molecular complexity index is 242. The van der Waals surface area contributed by atoms with Crippen LogP contribution in [-0.4, -0.2) is 38.7 Å². The molecule has 1 heterocycles. The number of ether oxygens (including phenoxy) is 1. The smallest absolute Gasteiger partial charge is 0.155 e. The summed E-state index contributed by atoms with van der Waals surface area (Å²) in [6.45, 7) is 2.75. The standard InChI is InChI=1S/C8H17NO3S/c1-7(9)3-5-13(10,11)8-2-4-12-6-8/h7-8H,2-6,9H2,1H3. The second-order valence-electron chi connectivity index (χ2n) is 3.62. The Morgan fingerprint density at radius 2 is 2.31 bits per heavy atom. The average Bonchev–Trinajstić information content (AvgIpc) is 2.53. The molecule has 2 N–H and O–H groups in total. The Morgan fingerprint density at radius 1 is 1.62 bits per heavy atom. The van der Waals surface area contributed by atoms with Gasteiger partial charge in [0.15, 0.2) is 9.84 Å². The molecule has 4 nitrogen and oxygen atoms in total. The first-order valence-electron chi connectivity index (χ1n) is 4.57. The Balaban J connectivity index is 2.45. The second-order valence-corrected chi connectivity index (χ2v) is 6.02. The topological polar surface area (TPSA) is 69.4 Å². The number of sulfone groups is 1. The summed E-state index contributed by atoms with van der Waals surface area (Å²) in [5.74, 6) is 0.193. The van der Waals surface area contributed by atoms with Crippen LogP contribution in [-0.2, 0) is 14.6 Å². The van der Waals surface area contributed by atoms with Crippen molar-refractivity contribution < 1.29 is 13.2 Å². The summed E-state index contributed by atoms with van der Waals surface area (Å²) in [6.07, 6.45) is 1.18. The number of hydrogen-bond acceptors (Lipinski definition) is 4. The highest BCUT2D eigenvalue weighted by Gasteiger charge is 2.29. The van der Waals surface area contributed by atoms with Crippen molar-refractivity contribution in [3.8, 4) is 0 Å². The molecule has 0 aromatic carbocycles. The third-order valence-electron chi connectivity index (χ3n) is 2.25. The minimum atomic E-state index is -2.96. The molecule has 5 heteroatoms. The van der Waals surface area contributed by atoms with E-state index in [-0.39, 0.29) is 17.0 Å². The molecule has 0 amide bonds. The highest BCUT2D eigenvalue weighted by atomic mass is 32.2. The van der Waals surface area contributed by atoms with Gasteiger partial charge in [-0.05, 0) is 19.8 Å². The molecule has 1 saturated heterocycles. The molecule has 0 bridgehead atoms. The molecule has 0 aliphatic carbocycles. The van der Waals surface area contributed by atoms with Crippen LogP contribution in [0.4, 0.5) is 0 Å². The molecule has 0 aromatic heterocycles. The highest BCUT2D eigenvalue weighted by Crippen LogP contribution is 2.15. The predicted molar refractivity (Wildman–Crippen MR) is 51.3 cm³/mol. The lowest BCUT2D eigenvalue weighted by molar-refractivity contribution is 0.198. The molecule has 1 aliphatic rings. The molecule has 13 heavy (non-hydrogen) atoms. The summed E-state index contributed by atoms with van der Waals surface area (Å²) in [4.78, 5) is 0. The summed E-state index contributed by atoms with van der Waals surface area (Å²) in [5.41, 5.74) is 5.50. The molecular formula is C8H17NO3S. The zero-order valence-corrected chi connectivity index (χ0v) is 8.72. The lowest BCUT2D eigenvalue weighted by atomic mass is 10.3. The van der Waals surface area contributed by atoms with Gasteiger partial charge >= 0.3 is 0 Å². The first kappa shape index (κ1) is 10.9. The lowest BCUT2D eigenvalue weighted by Crippen LogP contribution is -2.27. The van der Waals surface area contributed by atoms with Gasteiger partial charge in [-0.3, -0.25) is 0 Å². The highest BCUT2D eigenvalue weighted by molar-refractivity contribution is 7.92. The van der Waals surface area contributed by atoms with Crippen LogP contribution in [0, 0.1) is 0 Å². The van der Waals surface area contributed by atoms with Crippen molar-refractivity contribution in [2.24, 2.45) is 5.73 Å². The summed E-state index contributed by atoms with van der Waals surface area (Å²) in [6, 6.07) is -0.0444. The molecule has 2 atom stereocenters. The minimum absolute atomic E-state index is 0.0444. The SMILES string of the molecule is CC(N)CCS(=O)(=O)C1CCOC1. The van der Waals surface area contributed by atoms with Crippen molar-refractivity contribution in [1.29, 1.82) is 0 Å². The minimum Gasteiger partial charge on any atom is -0.380 e. The van der Waals surface area contributed by atoms with E-state index in [1.807, 2.05) is 6.92 Å². The van der Waals surface area contributed by atoms with Crippen LogP contribution >= 0.6 is 0 Å². The van der Waals surface area contributed by atoms with E-state index in [1.54, 1.807) is 0 Å². The molecule has 0 saturated carbocycles. The van der Waals surface area contributed by atoms with Crippen molar-refractivity contribution in [3.05, 3.63) is 0 Å². The van der Waals surface area contributed by atoms with Crippen molar-refractivity contribution in [2.75, 3.05) is 19.0 Å². The molecular weight excluding hydrogens is 190 g/mol. The Hall–Kier alpha value is -0.130. The largest absolute Gasteiger partial charge is 0.380 e. The van der Waals surface area contributed by atoms with E-state index in [0.717, 1.165) is 0 Å². The predicted octanol–water partition coefficient (Wildman–Crippen LogP) is -0.0726. The van der Waals surface area contributed by atoms with Crippen LogP contribution < -0.4 is 5.73 Å². The number of rotatable bonds is 4. The van der Waals surface area contributed by atoms with Gasteiger partial charge in [0, 0.05) is 12.6 Å². The summed E-state index contributed by atoms with van der Waals surface area (Å²) < 4.78 is 28.2. The van der Waals surface area contributed by atoms with Gasteiger partial charge in [0.05, 0.1) is 17.6 Å². The fourth-order valence-electron chi connectivity index (χ4n) is 1.31. The average molecular weight is 207 g/mol. The van der Waals surface area contributed by atoms with Crippen LogP contribution in [0.25, 0.3) is 0 Å². The monoisotopic (exact) mass is 207 g/mol. The quantitative estimate of drug-likeness (QED) is 0.700. The molecule has 0 aromatic rings. The fourth-order valence-corrected chi connectivity index (χ4v) is 3.11. The van der Waals surface area contributed by atoms with Gasteiger partial charge in [-0.15, -0.1) is 0 Å². The van der Waals surface area contributed by atoms with Crippen LogP contribution in [0.3, 0.4) is 0 Å². The number of nitrogens with two attached hydrogens (primary N) is 1. The van der Waals surface area contributed by atoms with Crippen LogP contribution in [0.2, 0.25) is 0 Å². The third-order valence-corrected chi connectivity index (χ3v) is 4.45. The van der Waals surface area contributed by atoms with Crippen LogP contribution in [0.5, 0.6) is 0 Å². The Morgan fingerprint density at radius 3 is 2.77 bits per heavy atom. The van der Waals surface area contributed by atoms with E-state index in [4.69, 9.17) is 10.5 Å². The summed E-state index contributed by atoms with van der Waals surface area (Å²) in [5, 5.41) is -0.286. The number of hydrogen-bond donors (Lipinski definition) is 1. The van der Waals surface area contributed by atoms with E-state index < -0.39 is 9.84 Å². The Labute approximate surface area is 79.4 Å². The zero-order chi connectivity index (χ0) is 9.90. The normalized spacial score (nSPS) is 26.2. The van der Waals surface area contributed by atoms with Crippen LogP contribution in [0.15, 0.2) is 0 Å². The van der Waals surface area contributed by atoms with Gasteiger partial charge < -0.3 is 10.5 Å². The van der Waals surface area contributed by atoms with Crippen LogP contribution in [0.1, 0.15) is 19.8 Å². The summed E-state index contributed by atoms with van der Waals surface area (Å²) >= 11 is 0. The molecule has 0 spiro atoms. The first-order chi connectivity index (χ1) is 6.02. The molecule has 1 aliphatic heterocycles. The molecule has 1 rings (SSSR count). The van der Waals surface area contributed by atoms with Gasteiger partial charge in [0.25, 0.3) is 0 Å². The maximum atomic E-state index is 11.6. The van der Waals surface area contributed by atoms with Gasteiger partial charge in [-0.25, -0.2) is 8.42 Å². The van der Waals surface area contributed by atoms with Crippen molar-refractivity contribution >= 4 is 9.84 Å². The second kappa shape index (κ2) is 4.39. The molecule has 2 unspecified atom stereocenters. The third kappa shape index (κ3) is 3.25. The molecule has 1 fully saturated rings. The van der Waals surface area contributed by atoms with E-state index in [2.05, 4.69) is 0 Å². The van der Waals surface area contributed by atoms with E-state index in [0.29, 0.717) is 26.1 Å².